The van der Waals surface area contributed by atoms with Crippen LogP contribution in [0.15, 0.2) is 4.42 Å². The lowest BCUT2D eigenvalue weighted by Crippen LogP contribution is -2.39. The van der Waals surface area contributed by atoms with Gasteiger partial charge in [-0.25, -0.2) is 4.79 Å². The van der Waals surface area contributed by atoms with Crippen LogP contribution in [0.5, 0.6) is 0 Å². The van der Waals surface area contributed by atoms with Gasteiger partial charge in [-0.05, 0) is 40.0 Å². The maximum Gasteiger partial charge on any atom is 0.410 e. The molecule has 0 radical (unpaired) electrons. The van der Waals surface area contributed by atoms with Crippen molar-refractivity contribution in [1.29, 1.82) is 0 Å². The van der Waals surface area contributed by atoms with Gasteiger partial charge < -0.3 is 14.1 Å². The molecule has 1 amide bonds. The Morgan fingerprint density at radius 3 is 2.70 bits per heavy atom. The van der Waals surface area contributed by atoms with Gasteiger partial charge in [-0.1, -0.05) is 0 Å². The predicted molar refractivity (Wildman–Crippen MR) is 84.0 cm³/mol. The summed E-state index contributed by atoms with van der Waals surface area (Å²) in [5, 5.41) is 8.26. The number of carbonyl (C=O) groups is 1. The fourth-order valence-corrected chi connectivity index (χ4v) is 2.66. The van der Waals surface area contributed by atoms with Crippen LogP contribution in [0.2, 0.25) is 0 Å². The van der Waals surface area contributed by atoms with Crippen molar-refractivity contribution < 1.29 is 13.9 Å². The first-order valence-corrected chi connectivity index (χ1v) is 8.43. The highest BCUT2D eigenvalue weighted by Gasteiger charge is 2.30. The molecule has 0 unspecified atom stereocenters. The van der Waals surface area contributed by atoms with Crippen molar-refractivity contribution >= 4 is 6.09 Å². The highest BCUT2D eigenvalue weighted by molar-refractivity contribution is 5.68. The van der Waals surface area contributed by atoms with Crippen LogP contribution in [0.25, 0.3) is 0 Å². The van der Waals surface area contributed by atoms with Crippen LogP contribution >= 0.6 is 0 Å². The van der Waals surface area contributed by atoms with Gasteiger partial charge in [-0.3, -0.25) is 4.90 Å². The van der Waals surface area contributed by atoms with Crippen LogP contribution < -0.4 is 0 Å². The number of carbonyl (C=O) groups excluding carboxylic acids is 1. The summed E-state index contributed by atoms with van der Waals surface area (Å²) in [6, 6.07) is 0. The fourth-order valence-electron chi connectivity index (χ4n) is 2.66. The maximum atomic E-state index is 12.2. The third kappa shape index (κ3) is 4.67. The largest absolute Gasteiger partial charge is 0.444 e. The first kappa shape index (κ1) is 16.2. The quantitative estimate of drug-likeness (QED) is 0.851. The van der Waals surface area contributed by atoms with Crippen molar-refractivity contribution in [2.24, 2.45) is 0 Å². The Morgan fingerprint density at radius 2 is 2.00 bits per heavy atom. The number of aromatic nitrogens is 2. The third-order valence-corrected chi connectivity index (χ3v) is 4.01. The summed E-state index contributed by atoms with van der Waals surface area (Å²) >= 11 is 0. The van der Waals surface area contributed by atoms with E-state index < -0.39 is 5.60 Å². The van der Waals surface area contributed by atoms with E-state index in [0.717, 1.165) is 44.8 Å². The van der Waals surface area contributed by atoms with E-state index in [9.17, 15) is 4.79 Å². The van der Waals surface area contributed by atoms with Crippen molar-refractivity contribution in [2.45, 2.75) is 58.1 Å². The van der Waals surface area contributed by atoms with E-state index in [1.807, 2.05) is 20.8 Å². The van der Waals surface area contributed by atoms with E-state index in [-0.39, 0.29) is 6.09 Å². The van der Waals surface area contributed by atoms with E-state index in [4.69, 9.17) is 9.15 Å². The Hall–Kier alpha value is -1.63. The molecule has 7 heteroatoms. The monoisotopic (exact) mass is 322 g/mol. The number of rotatable bonds is 3. The second-order valence-corrected chi connectivity index (χ2v) is 7.41. The third-order valence-electron chi connectivity index (χ3n) is 4.01. The number of hydrogen-bond acceptors (Lipinski definition) is 6. The Morgan fingerprint density at radius 1 is 1.22 bits per heavy atom. The number of ether oxygens (including phenoxy) is 1. The Bertz CT molecular complexity index is 548. The summed E-state index contributed by atoms with van der Waals surface area (Å²) < 4.78 is 11.2. The predicted octanol–water partition coefficient (Wildman–Crippen LogP) is 2.39. The molecule has 0 N–H and O–H groups in total. The molecule has 23 heavy (non-hydrogen) atoms. The SMILES string of the molecule is CC(C)(C)OC(=O)N1CCCN(Cc2nnc(C3CC3)o2)CC1. The lowest BCUT2D eigenvalue weighted by atomic mass is 10.2. The molecule has 0 bridgehead atoms. The van der Waals surface area contributed by atoms with Gasteiger partial charge in [-0.2, -0.15) is 0 Å². The van der Waals surface area contributed by atoms with Gasteiger partial charge >= 0.3 is 6.09 Å². The van der Waals surface area contributed by atoms with Gasteiger partial charge in [0.15, 0.2) is 0 Å². The van der Waals surface area contributed by atoms with Gasteiger partial charge in [0.25, 0.3) is 0 Å². The zero-order chi connectivity index (χ0) is 16.4. The zero-order valence-corrected chi connectivity index (χ0v) is 14.2. The summed E-state index contributed by atoms with van der Waals surface area (Å²) in [7, 11) is 0. The molecule has 2 aliphatic rings. The first-order chi connectivity index (χ1) is 10.9. The minimum atomic E-state index is -0.452. The molecule has 1 saturated carbocycles. The van der Waals surface area contributed by atoms with Crippen molar-refractivity contribution in [1.82, 2.24) is 20.0 Å². The molecule has 7 nitrogen and oxygen atoms in total. The normalized spacial score (nSPS) is 20.4. The fraction of sp³-hybridized carbons (Fsp3) is 0.812. The summed E-state index contributed by atoms with van der Waals surface area (Å²) in [5.74, 6) is 1.95. The second kappa shape index (κ2) is 6.47. The molecule has 1 aromatic rings. The van der Waals surface area contributed by atoms with Crippen molar-refractivity contribution in [3.63, 3.8) is 0 Å². The smallest absolute Gasteiger partial charge is 0.410 e. The van der Waals surface area contributed by atoms with Crippen molar-refractivity contribution in [3.05, 3.63) is 11.8 Å². The van der Waals surface area contributed by atoms with Crippen LogP contribution in [-0.2, 0) is 11.3 Å². The topological polar surface area (TPSA) is 71.7 Å². The van der Waals surface area contributed by atoms with Gasteiger partial charge in [0.05, 0.1) is 6.54 Å². The van der Waals surface area contributed by atoms with E-state index in [0.29, 0.717) is 24.9 Å². The summed E-state index contributed by atoms with van der Waals surface area (Å²) in [5.41, 5.74) is -0.452. The summed E-state index contributed by atoms with van der Waals surface area (Å²) in [6.07, 6.45) is 3.02. The molecule has 1 saturated heterocycles. The van der Waals surface area contributed by atoms with Crippen LogP contribution in [-0.4, -0.2) is 57.9 Å². The number of amides is 1. The van der Waals surface area contributed by atoms with Crippen molar-refractivity contribution in [3.8, 4) is 0 Å². The molecule has 1 aromatic heterocycles. The minimum absolute atomic E-state index is 0.229. The van der Waals surface area contributed by atoms with Crippen LogP contribution in [0.1, 0.15) is 57.7 Å². The second-order valence-electron chi connectivity index (χ2n) is 7.41. The van der Waals surface area contributed by atoms with Crippen LogP contribution in [0, 0.1) is 0 Å². The van der Waals surface area contributed by atoms with Crippen molar-refractivity contribution in [2.75, 3.05) is 26.2 Å². The molecule has 2 heterocycles. The van der Waals surface area contributed by atoms with E-state index in [1.54, 1.807) is 4.90 Å². The van der Waals surface area contributed by atoms with E-state index in [1.165, 1.54) is 0 Å². The number of nitrogens with zero attached hydrogens (tertiary/aromatic N) is 4. The lowest BCUT2D eigenvalue weighted by molar-refractivity contribution is 0.0257. The molecule has 1 aliphatic heterocycles. The molecule has 0 spiro atoms. The molecule has 0 aromatic carbocycles. The first-order valence-electron chi connectivity index (χ1n) is 8.43. The molecule has 2 fully saturated rings. The maximum absolute atomic E-state index is 12.2. The number of hydrogen-bond donors (Lipinski definition) is 0. The van der Waals surface area contributed by atoms with E-state index in [2.05, 4.69) is 15.1 Å². The molecular weight excluding hydrogens is 296 g/mol. The van der Waals surface area contributed by atoms with Gasteiger partial charge in [0.2, 0.25) is 11.8 Å². The van der Waals surface area contributed by atoms with Crippen LogP contribution in [0.4, 0.5) is 4.79 Å². The molecule has 128 valence electrons. The standard InChI is InChI=1S/C16H26N4O3/c1-16(2,3)23-15(21)20-8-4-7-19(9-10-20)11-13-17-18-14(22-13)12-5-6-12/h12H,4-11H2,1-3H3. The molecule has 0 atom stereocenters. The van der Waals surface area contributed by atoms with Gasteiger partial charge in [0.1, 0.15) is 5.60 Å². The molecule has 1 aliphatic carbocycles. The van der Waals surface area contributed by atoms with Crippen LogP contribution in [0.3, 0.4) is 0 Å². The zero-order valence-electron chi connectivity index (χ0n) is 14.2. The van der Waals surface area contributed by atoms with Gasteiger partial charge in [-0.15, -0.1) is 10.2 Å². The summed E-state index contributed by atoms with van der Waals surface area (Å²) in [6.45, 7) is 9.43. The average Bonchev–Trinajstić information content (AvgIpc) is 3.23. The molecular formula is C16H26N4O3. The van der Waals surface area contributed by atoms with E-state index >= 15 is 0 Å². The Labute approximate surface area is 137 Å². The Balaban J connectivity index is 1.50. The summed E-state index contributed by atoms with van der Waals surface area (Å²) in [4.78, 5) is 16.2. The Kier molecular flexibility index (Phi) is 4.57. The lowest BCUT2D eigenvalue weighted by Gasteiger charge is -2.26. The highest BCUT2D eigenvalue weighted by atomic mass is 16.6. The van der Waals surface area contributed by atoms with Gasteiger partial charge in [0, 0.05) is 32.1 Å². The minimum Gasteiger partial charge on any atom is -0.444 e. The highest BCUT2D eigenvalue weighted by Crippen LogP contribution is 2.39. The molecule has 3 rings (SSSR count). The average molecular weight is 322 g/mol.